The zero-order chi connectivity index (χ0) is 20.2. The highest BCUT2D eigenvalue weighted by atomic mass is 16.5. The second kappa shape index (κ2) is 8.39. The van der Waals surface area contributed by atoms with Crippen LogP contribution in [-0.4, -0.2) is 29.8 Å². The van der Waals surface area contributed by atoms with Crippen molar-refractivity contribution in [2.75, 3.05) is 13.7 Å². The number of amides is 1. The van der Waals surface area contributed by atoms with Crippen molar-refractivity contribution < 1.29 is 14.7 Å². The number of fused-ring (bicyclic) bond motifs is 1. The summed E-state index contributed by atoms with van der Waals surface area (Å²) in [6.07, 6.45) is 2.99. The van der Waals surface area contributed by atoms with Gasteiger partial charge < -0.3 is 15.0 Å². The molecule has 6 heteroatoms. The van der Waals surface area contributed by atoms with Gasteiger partial charge in [0.15, 0.2) is 0 Å². The van der Waals surface area contributed by atoms with Gasteiger partial charge in [-0.15, -0.1) is 0 Å². The molecule has 4 N–H and O–H groups in total. The Kier molecular flexibility index (Phi) is 5.52. The zero-order valence-corrected chi connectivity index (χ0v) is 16.2. The van der Waals surface area contributed by atoms with Crippen LogP contribution in [0.2, 0.25) is 0 Å². The van der Waals surface area contributed by atoms with Gasteiger partial charge in [-0.2, -0.15) is 0 Å². The van der Waals surface area contributed by atoms with E-state index in [0.717, 1.165) is 36.3 Å². The molecule has 1 aliphatic rings. The van der Waals surface area contributed by atoms with E-state index >= 15 is 0 Å². The van der Waals surface area contributed by atoms with Gasteiger partial charge in [0.2, 0.25) is 0 Å². The number of H-pyrrole nitrogens is 1. The summed E-state index contributed by atoms with van der Waals surface area (Å²) in [5.41, 5.74) is 6.22. The molecule has 0 aliphatic heterocycles. The van der Waals surface area contributed by atoms with Crippen LogP contribution in [0.1, 0.15) is 22.6 Å². The molecule has 1 amide bonds. The number of hydroxylamine groups is 1. The number of nitrogens with one attached hydrogen (secondary N) is 3. The number of hydrogen-bond acceptors (Lipinski definition) is 4. The van der Waals surface area contributed by atoms with E-state index in [-0.39, 0.29) is 5.92 Å². The lowest BCUT2D eigenvalue weighted by molar-refractivity contribution is -0.132. The first kappa shape index (κ1) is 19.1. The van der Waals surface area contributed by atoms with Crippen molar-refractivity contribution in [1.29, 1.82) is 0 Å². The maximum absolute atomic E-state index is 11.5. The molecule has 1 aromatic heterocycles. The summed E-state index contributed by atoms with van der Waals surface area (Å²) < 4.78 is 5.27. The van der Waals surface area contributed by atoms with E-state index in [4.69, 9.17) is 9.94 Å². The number of methoxy groups -OCH3 is 1. The number of hydrogen-bond donors (Lipinski definition) is 4. The average molecular weight is 389 g/mol. The summed E-state index contributed by atoms with van der Waals surface area (Å²) in [5.74, 6) is 5.56. The molecular weight excluding hydrogens is 366 g/mol. The van der Waals surface area contributed by atoms with E-state index in [9.17, 15) is 4.79 Å². The first-order chi connectivity index (χ1) is 14.2. The molecule has 2 unspecified atom stereocenters. The van der Waals surface area contributed by atoms with E-state index in [1.807, 2.05) is 36.4 Å². The number of benzene rings is 2. The van der Waals surface area contributed by atoms with Crippen molar-refractivity contribution in [3.05, 3.63) is 65.4 Å². The molecule has 3 aromatic rings. The Hall–Kier alpha value is -3.27. The van der Waals surface area contributed by atoms with Crippen molar-refractivity contribution >= 4 is 16.8 Å². The highest BCUT2D eigenvalue weighted by Gasteiger charge is 2.31. The monoisotopic (exact) mass is 389 g/mol. The third-order valence-electron chi connectivity index (χ3n) is 5.33. The normalized spacial score (nSPS) is 17.3. The van der Waals surface area contributed by atoms with Gasteiger partial charge in [0.25, 0.3) is 5.91 Å². The quantitative estimate of drug-likeness (QED) is 0.207. The summed E-state index contributed by atoms with van der Waals surface area (Å²) >= 11 is 0. The molecular formula is C23H23N3O3. The van der Waals surface area contributed by atoms with E-state index < -0.39 is 11.8 Å². The third kappa shape index (κ3) is 3.97. The van der Waals surface area contributed by atoms with Crippen LogP contribution in [0.5, 0.6) is 5.75 Å². The minimum atomic E-state index is -0.472. The molecule has 1 heterocycles. The number of aromatic nitrogens is 1. The molecule has 0 fully saturated rings. The van der Waals surface area contributed by atoms with Gasteiger partial charge in [-0.1, -0.05) is 36.1 Å². The van der Waals surface area contributed by atoms with Crippen LogP contribution in [0.3, 0.4) is 0 Å². The Morgan fingerprint density at radius 1 is 1.21 bits per heavy atom. The summed E-state index contributed by atoms with van der Waals surface area (Å²) in [7, 11) is 1.67. The van der Waals surface area contributed by atoms with Gasteiger partial charge in [0, 0.05) is 29.7 Å². The van der Waals surface area contributed by atoms with Crippen LogP contribution in [0.15, 0.2) is 48.7 Å². The molecule has 4 rings (SSSR count). The van der Waals surface area contributed by atoms with Gasteiger partial charge in [-0.25, -0.2) is 5.48 Å². The first-order valence-electron chi connectivity index (χ1n) is 9.58. The van der Waals surface area contributed by atoms with Gasteiger partial charge in [0.1, 0.15) is 11.7 Å². The second-order valence-corrected chi connectivity index (χ2v) is 7.11. The maximum Gasteiger partial charge on any atom is 0.260 e. The Bertz CT molecular complexity index is 1080. The van der Waals surface area contributed by atoms with Crippen LogP contribution in [0.4, 0.5) is 0 Å². The molecule has 0 saturated heterocycles. The van der Waals surface area contributed by atoms with Crippen molar-refractivity contribution in [3.8, 4) is 17.6 Å². The Balaban J connectivity index is 1.28. The number of ether oxygens (including phenoxy) is 1. The number of carbonyl (C=O) groups excluding carboxylic acids is 1. The van der Waals surface area contributed by atoms with Crippen molar-refractivity contribution in [1.82, 2.24) is 15.8 Å². The van der Waals surface area contributed by atoms with Crippen LogP contribution < -0.4 is 15.5 Å². The topological polar surface area (TPSA) is 86.4 Å². The average Bonchev–Trinajstić information content (AvgIpc) is 3.13. The molecule has 0 bridgehead atoms. The fourth-order valence-electron chi connectivity index (χ4n) is 3.61. The molecule has 29 heavy (non-hydrogen) atoms. The molecule has 0 radical (unpaired) electrons. The van der Waals surface area contributed by atoms with E-state index in [1.165, 1.54) is 16.5 Å². The van der Waals surface area contributed by atoms with Gasteiger partial charge in [-0.3, -0.25) is 10.0 Å². The fraction of sp³-hybridized carbons (Fsp3) is 0.261. The standard InChI is InChI=1S/C23H23N3O3/c1-29-18-6-7-20-17(14-25-22(20)12-18)10-11-24-13-15-2-4-16(5-3-15)19-8-9-21(19)23(27)26-28/h2-7,12,14,19,21,24-25,28H,10-11,13H2,1H3,(H,26,27). The lowest BCUT2D eigenvalue weighted by Gasteiger charge is -2.23. The zero-order valence-electron chi connectivity index (χ0n) is 16.2. The largest absolute Gasteiger partial charge is 0.497 e. The predicted octanol–water partition coefficient (Wildman–Crippen LogP) is 2.73. The number of aromatic amines is 1. The lowest BCUT2D eigenvalue weighted by atomic mass is 9.79. The van der Waals surface area contributed by atoms with Crippen LogP contribution >= 0.6 is 0 Å². The van der Waals surface area contributed by atoms with Gasteiger partial charge in [-0.05, 0) is 41.8 Å². The molecule has 6 nitrogen and oxygen atoms in total. The van der Waals surface area contributed by atoms with E-state index in [1.54, 1.807) is 12.6 Å². The molecule has 148 valence electrons. The first-order valence-corrected chi connectivity index (χ1v) is 9.58. The Labute approximate surface area is 169 Å². The van der Waals surface area contributed by atoms with Crippen molar-refractivity contribution in [2.24, 2.45) is 5.92 Å². The molecule has 0 saturated carbocycles. The predicted molar refractivity (Wildman–Crippen MR) is 111 cm³/mol. The summed E-state index contributed by atoms with van der Waals surface area (Å²) in [5, 5.41) is 13.5. The van der Waals surface area contributed by atoms with E-state index in [2.05, 4.69) is 34.4 Å². The molecule has 2 atom stereocenters. The van der Waals surface area contributed by atoms with Gasteiger partial charge >= 0.3 is 0 Å². The van der Waals surface area contributed by atoms with Crippen LogP contribution in [0.25, 0.3) is 10.9 Å². The molecule has 2 aromatic carbocycles. The summed E-state index contributed by atoms with van der Waals surface area (Å²) in [6.45, 7) is 1.64. The Morgan fingerprint density at radius 2 is 2.03 bits per heavy atom. The highest BCUT2D eigenvalue weighted by Crippen LogP contribution is 2.30. The summed E-state index contributed by atoms with van der Waals surface area (Å²) in [6, 6.07) is 14.2. The second-order valence-electron chi connectivity index (χ2n) is 7.11. The Morgan fingerprint density at radius 3 is 2.72 bits per heavy atom. The van der Waals surface area contributed by atoms with Crippen molar-refractivity contribution in [3.63, 3.8) is 0 Å². The third-order valence-corrected chi connectivity index (χ3v) is 5.33. The maximum atomic E-state index is 11.5. The van der Waals surface area contributed by atoms with Crippen LogP contribution in [-0.2, 0) is 17.8 Å². The van der Waals surface area contributed by atoms with E-state index in [0.29, 0.717) is 0 Å². The smallest absolute Gasteiger partial charge is 0.260 e. The van der Waals surface area contributed by atoms with Crippen LogP contribution in [0, 0.1) is 17.8 Å². The van der Waals surface area contributed by atoms with Crippen molar-refractivity contribution in [2.45, 2.75) is 18.9 Å². The number of carbonyl (C=O) groups is 1. The highest BCUT2D eigenvalue weighted by molar-refractivity contribution is 5.85. The SMILES string of the molecule is COc1ccc2c(CCNCc3ccc(C4C#CC4C(=O)NO)cc3)c[nH]c2c1. The summed E-state index contributed by atoms with van der Waals surface area (Å²) in [4.78, 5) is 14.9. The minimum absolute atomic E-state index is 0.148. The number of rotatable bonds is 8. The van der Waals surface area contributed by atoms with Gasteiger partial charge in [0.05, 0.1) is 13.0 Å². The molecule has 1 aliphatic carbocycles. The fourth-order valence-corrected chi connectivity index (χ4v) is 3.61. The molecule has 0 spiro atoms. The minimum Gasteiger partial charge on any atom is -0.497 e. The lowest BCUT2D eigenvalue weighted by Crippen LogP contribution is -2.34.